The lowest BCUT2D eigenvalue weighted by atomic mass is 9.84. The highest BCUT2D eigenvalue weighted by atomic mass is 16.6. The van der Waals surface area contributed by atoms with E-state index in [1.807, 2.05) is 6.08 Å². The van der Waals surface area contributed by atoms with Crippen molar-refractivity contribution in [3.8, 4) is 0 Å². The summed E-state index contributed by atoms with van der Waals surface area (Å²) >= 11 is 0. The molecule has 3 aliphatic rings. The number of nitrogens with zero attached hydrogens (tertiary/aromatic N) is 1. The lowest BCUT2D eigenvalue weighted by molar-refractivity contribution is -0.176. The van der Waals surface area contributed by atoms with Crippen LogP contribution in [0.5, 0.6) is 0 Å². The van der Waals surface area contributed by atoms with Crippen molar-refractivity contribution in [3.05, 3.63) is 23.3 Å². The van der Waals surface area contributed by atoms with Crippen LogP contribution in [0.1, 0.15) is 26.7 Å². The van der Waals surface area contributed by atoms with Gasteiger partial charge in [-0.1, -0.05) is 19.1 Å². The van der Waals surface area contributed by atoms with Crippen LogP contribution in [-0.4, -0.2) is 71.1 Å². The van der Waals surface area contributed by atoms with Crippen molar-refractivity contribution in [1.82, 2.24) is 4.90 Å². The Hall–Kier alpha value is -1.70. The van der Waals surface area contributed by atoms with Gasteiger partial charge in [0.25, 0.3) is 0 Å². The first-order chi connectivity index (χ1) is 11.9. The fourth-order valence-corrected chi connectivity index (χ4v) is 3.85. The van der Waals surface area contributed by atoms with E-state index in [2.05, 4.69) is 4.90 Å². The third-order valence-electron chi connectivity index (χ3n) is 5.59. The minimum Gasteiger partial charge on any atom is -0.459 e. The molecule has 0 radical (unpaired) electrons. The summed E-state index contributed by atoms with van der Waals surface area (Å²) in [5.74, 6) is -1.99. The van der Waals surface area contributed by atoms with Crippen LogP contribution in [-0.2, 0) is 19.1 Å². The summed E-state index contributed by atoms with van der Waals surface area (Å²) in [6.45, 7) is 4.12. The first-order valence-electron chi connectivity index (χ1n) is 8.70. The number of carbonyl (C=O) groups is 2. The molecule has 0 spiro atoms. The fraction of sp³-hybridized carbons (Fsp3) is 0.667. The number of rotatable bonds is 1. The van der Waals surface area contributed by atoms with E-state index in [1.165, 1.54) is 0 Å². The van der Waals surface area contributed by atoms with Gasteiger partial charge in [-0.3, -0.25) is 4.90 Å². The van der Waals surface area contributed by atoms with Gasteiger partial charge >= 0.3 is 11.9 Å². The molecule has 138 valence electrons. The van der Waals surface area contributed by atoms with Crippen LogP contribution >= 0.6 is 0 Å². The lowest BCUT2D eigenvalue weighted by Crippen LogP contribution is -2.50. The Labute approximate surface area is 146 Å². The zero-order valence-corrected chi connectivity index (χ0v) is 14.6. The van der Waals surface area contributed by atoms with Gasteiger partial charge in [0, 0.05) is 24.6 Å². The molecule has 0 unspecified atom stereocenters. The van der Waals surface area contributed by atoms with E-state index in [0.717, 1.165) is 25.1 Å². The maximum absolute atomic E-state index is 12.6. The largest absolute Gasteiger partial charge is 0.459 e. The third-order valence-corrected chi connectivity index (χ3v) is 5.59. The normalized spacial score (nSPS) is 38.5. The zero-order valence-electron chi connectivity index (χ0n) is 14.6. The minimum atomic E-state index is -2.05. The highest BCUT2D eigenvalue weighted by Crippen LogP contribution is 2.34. The molecule has 0 aromatic carbocycles. The van der Waals surface area contributed by atoms with Crippen LogP contribution in [0.4, 0.5) is 0 Å². The van der Waals surface area contributed by atoms with E-state index >= 15 is 0 Å². The summed E-state index contributed by atoms with van der Waals surface area (Å²) in [6, 6.07) is -0.0890. The van der Waals surface area contributed by atoms with Gasteiger partial charge in [-0.2, -0.15) is 0 Å². The topological polar surface area (TPSA) is 96.3 Å². The van der Waals surface area contributed by atoms with Crippen LogP contribution in [0.2, 0.25) is 0 Å². The van der Waals surface area contributed by atoms with Crippen molar-refractivity contribution in [2.45, 2.75) is 44.4 Å². The standard InChI is InChI=1S/C18H25NO6/c1-3-12-8-11(2)18(23,10-20)17(22)24-9-13-4-6-19-7-5-14(15(13)19)25-16(12)21/h3-4,11,14-15,20,23H,5-10H2,1-2H3/b12-3+/t11-,14-,15+,18-/m1/s1. The van der Waals surface area contributed by atoms with Crippen molar-refractivity contribution in [2.24, 2.45) is 5.92 Å². The van der Waals surface area contributed by atoms with Gasteiger partial charge in [0.15, 0.2) is 5.60 Å². The molecular formula is C18H25NO6. The van der Waals surface area contributed by atoms with Crippen LogP contribution in [0.3, 0.4) is 0 Å². The Kier molecular flexibility index (Phi) is 4.99. The molecule has 0 aromatic heterocycles. The Bertz CT molecular complexity index is 627. The number of esters is 2. The van der Waals surface area contributed by atoms with Crippen molar-refractivity contribution in [1.29, 1.82) is 0 Å². The third kappa shape index (κ3) is 3.12. The molecule has 7 heteroatoms. The Morgan fingerprint density at radius 1 is 1.44 bits per heavy atom. The Balaban J connectivity index is 1.93. The van der Waals surface area contributed by atoms with Gasteiger partial charge in [-0.25, -0.2) is 9.59 Å². The summed E-state index contributed by atoms with van der Waals surface area (Å²) in [5.41, 5.74) is -0.796. The average Bonchev–Trinajstić information content (AvgIpc) is 3.18. The molecule has 0 aliphatic carbocycles. The number of allylic oxidation sites excluding steroid dienone is 1. The molecule has 0 amide bonds. The number of aliphatic hydroxyl groups excluding tert-OH is 1. The number of hydrogen-bond donors (Lipinski definition) is 2. The van der Waals surface area contributed by atoms with E-state index in [0.29, 0.717) is 5.57 Å². The zero-order chi connectivity index (χ0) is 18.2. The van der Waals surface area contributed by atoms with Crippen LogP contribution in [0.15, 0.2) is 23.3 Å². The summed E-state index contributed by atoms with van der Waals surface area (Å²) < 4.78 is 11.1. The smallest absolute Gasteiger partial charge is 0.341 e. The summed E-state index contributed by atoms with van der Waals surface area (Å²) in [4.78, 5) is 27.2. The number of ether oxygens (including phenoxy) is 2. The molecule has 4 atom stereocenters. The molecule has 2 saturated heterocycles. The van der Waals surface area contributed by atoms with Gasteiger partial charge < -0.3 is 19.7 Å². The molecule has 3 rings (SSSR count). The summed E-state index contributed by atoms with van der Waals surface area (Å²) in [6.07, 6.45) is 4.20. The maximum atomic E-state index is 12.6. The van der Waals surface area contributed by atoms with Crippen molar-refractivity contribution in [3.63, 3.8) is 0 Å². The highest BCUT2D eigenvalue weighted by molar-refractivity contribution is 5.89. The number of aliphatic hydroxyl groups is 2. The molecule has 3 heterocycles. The Morgan fingerprint density at radius 2 is 2.20 bits per heavy atom. The second-order valence-electron chi connectivity index (χ2n) is 7.03. The molecular weight excluding hydrogens is 326 g/mol. The summed E-state index contributed by atoms with van der Waals surface area (Å²) in [5, 5.41) is 20.2. The Morgan fingerprint density at radius 3 is 2.88 bits per heavy atom. The molecule has 0 bridgehead atoms. The van der Waals surface area contributed by atoms with E-state index < -0.39 is 30.1 Å². The van der Waals surface area contributed by atoms with E-state index in [4.69, 9.17) is 9.47 Å². The van der Waals surface area contributed by atoms with Crippen LogP contribution in [0.25, 0.3) is 0 Å². The fourth-order valence-electron chi connectivity index (χ4n) is 3.85. The number of hydrogen-bond acceptors (Lipinski definition) is 7. The highest BCUT2D eigenvalue weighted by Gasteiger charge is 2.46. The van der Waals surface area contributed by atoms with Crippen LogP contribution in [0, 0.1) is 5.92 Å². The van der Waals surface area contributed by atoms with Gasteiger partial charge in [0.05, 0.1) is 12.6 Å². The SMILES string of the molecule is C/C=C1\C[C@@H](C)[C@](O)(CO)C(=O)OCC2=CCN3CC[C@@H](OC1=O)[C@H]23. The van der Waals surface area contributed by atoms with Gasteiger partial charge in [-0.05, 0) is 25.3 Å². The first kappa shape index (κ1) is 18.1. The van der Waals surface area contributed by atoms with Gasteiger partial charge in [0.1, 0.15) is 12.7 Å². The molecule has 2 N–H and O–H groups in total. The predicted octanol–water partition coefficient (Wildman–Crippen LogP) is 0.165. The van der Waals surface area contributed by atoms with E-state index in [1.54, 1.807) is 19.9 Å². The van der Waals surface area contributed by atoms with Crippen molar-refractivity contribution < 1.29 is 29.3 Å². The monoisotopic (exact) mass is 351 g/mol. The second-order valence-corrected chi connectivity index (χ2v) is 7.03. The second kappa shape index (κ2) is 6.90. The predicted molar refractivity (Wildman–Crippen MR) is 88.5 cm³/mol. The molecule has 0 aromatic rings. The number of carbonyl (C=O) groups excluding carboxylic acids is 2. The number of cyclic esters (lactones) is 1. The van der Waals surface area contributed by atoms with Crippen molar-refractivity contribution in [2.75, 3.05) is 26.3 Å². The van der Waals surface area contributed by atoms with Gasteiger partial charge in [-0.15, -0.1) is 0 Å². The molecule has 2 fully saturated rings. The van der Waals surface area contributed by atoms with E-state index in [9.17, 15) is 19.8 Å². The molecule has 7 nitrogen and oxygen atoms in total. The quantitative estimate of drug-likeness (QED) is 0.395. The molecule has 3 aliphatic heterocycles. The van der Waals surface area contributed by atoms with Gasteiger partial charge in [0.2, 0.25) is 0 Å². The van der Waals surface area contributed by atoms with Crippen molar-refractivity contribution >= 4 is 11.9 Å². The molecule has 0 saturated carbocycles. The van der Waals surface area contributed by atoms with E-state index in [-0.39, 0.29) is 25.2 Å². The minimum absolute atomic E-state index is 0.0273. The lowest BCUT2D eigenvalue weighted by Gasteiger charge is -2.32. The van der Waals surface area contributed by atoms with Crippen LogP contribution < -0.4 is 0 Å². The maximum Gasteiger partial charge on any atom is 0.341 e. The first-order valence-corrected chi connectivity index (χ1v) is 8.70. The average molecular weight is 351 g/mol. The molecule has 25 heavy (non-hydrogen) atoms. The summed E-state index contributed by atoms with van der Waals surface area (Å²) in [7, 11) is 0.